The number of nitrogens with one attached hydrogen (secondary N) is 2. The highest BCUT2D eigenvalue weighted by molar-refractivity contribution is 7.80. The van der Waals surface area contributed by atoms with Crippen LogP contribution in [0.3, 0.4) is 0 Å². The second kappa shape index (κ2) is 13.2. The van der Waals surface area contributed by atoms with E-state index in [1.54, 1.807) is 24.3 Å². The van der Waals surface area contributed by atoms with Crippen LogP contribution in [-0.2, 0) is 6.42 Å². The van der Waals surface area contributed by atoms with Crippen molar-refractivity contribution in [1.29, 1.82) is 0 Å². The Hall–Kier alpha value is -3.38. The van der Waals surface area contributed by atoms with E-state index in [1.807, 2.05) is 42.5 Å². The molecule has 0 aromatic heterocycles. The third-order valence-electron chi connectivity index (χ3n) is 4.95. The van der Waals surface area contributed by atoms with Crippen LogP contribution in [-0.4, -0.2) is 24.2 Å². The molecule has 0 aliphatic heterocycles. The van der Waals surface area contributed by atoms with Crippen LogP contribution in [0.5, 0.6) is 11.5 Å². The number of anilines is 1. The van der Waals surface area contributed by atoms with Gasteiger partial charge in [-0.2, -0.15) is 0 Å². The number of ether oxygens (including phenoxy) is 2. The molecule has 172 valence electrons. The molecule has 3 rings (SSSR count). The van der Waals surface area contributed by atoms with Gasteiger partial charge in [-0.25, -0.2) is 0 Å². The molecule has 0 saturated carbocycles. The van der Waals surface area contributed by atoms with Crippen LogP contribution in [0.2, 0.25) is 0 Å². The minimum Gasteiger partial charge on any atom is -0.494 e. The number of hydrogen-bond donors (Lipinski definition) is 2. The Morgan fingerprint density at radius 2 is 1.61 bits per heavy atom. The molecule has 0 atom stereocenters. The van der Waals surface area contributed by atoms with E-state index in [0.29, 0.717) is 18.8 Å². The Morgan fingerprint density at radius 3 is 2.36 bits per heavy atom. The van der Waals surface area contributed by atoms with E-state index in [2.05, 4.69) is 29.7 Å². The van der Waals surface area contributed by atoms with E-state index in [0.717, 1.165) is 42.9 Å². The molecule has 0 radical (unpaired) electrons. The smallest absolute Gasteiger partial charge is 0.257 e. The summed E-state index contributed by atoms with van der Waals surface area (Å²) in [6.07, 6.45) is 4.16. The third-order valence-corrected chi connectivity index (χ3v) is 5.16. The van der Waals surface area contributed by atoms with Crippen molar-refractivity contribution in [2.24, 2.45) is 0 Å². The lowest BCUT2D eigenvalue weighted by Gasteiger charge is -2.12. The molecular weight excluding hydrogens is 432 g/mol. The van der Waals surface area contributed by atoms with Crippen LogP contribution >= 0.6 is 12.2 Å². The Balaban J connectivity index is 1.45. The number of thiocarbonyl (C=S) groups is 1. The van der Waals surface area contributed by atoms with Gasteiger partial charge in [0.25, 0.3) is 5.91 Å². The van der Waals surface area contributed by atoms with Crippen LogP contribution in [0.1, 0.15) is 42.1 Å². The van der Waals surface area contributed by atoms with Gasteiger partial charge in [0.2, 0.25) is 0 Å². The molecule has 0 unspecified atom stereocenters. The van der Waals surface area contributed by atoms with Gasteiger partial charge < -0.3 is 14.8 Å². The molecule has 1 amide bonds. The van der Waals surface area contributed by atoms with Crippen molar-refractivity contribution in [2.75, 3.05) is 18.5 Å². The average molecular weight is 463 g/mol. The number of unbranched alkanes of at least 4 members (excludes halogenated alkanes) is 2. The predicted molar refractivity (Wildman–Crippen MR) is 137 cm³/mol. The number of rotatable bonds is 11. The number of carbonyl (C=O) groups is 1. The predicted octanol–water partition coefficient (Wildman–Crippen LogP) is 6.00. The summed E-state index contributed by atoms with van der Waals surface area (Å²) >= 11 is 5.31. The van der Waals surface area contributed by atoms with Gasteiger partial charge in [-0.15, -0.1) is 0 Å². The first-order valence-electron chi connectivity index (χ1n) is 11.3. The fourth-order valence-corrected chi connectivity index (χ4v) is 3.39. The monoisotopic (exact) mass is 462 g/mol. The summed E-state index contributed by atoms with van der Waals surface area (Å²) in [5, 5.41) is 5.97. The van der Waals surface area contributed by atoms with Gasteiger partial charge in [0, 0.05) is 23.7 Å². The van der Waals surface area contributed by atoms with Crippen molar-refractivity contribution in [1.82, 2.24) is 5.32 Å². The van der Waals surface area contributed by atoms with Crippen LogP contribution in [0.15, 0.2) is 78.9 Å². The minimum atomic E-state index is -0.278. The SMILES string of the molecule is CCCCCOc1ccc(C(=O)NC(=S)Nc2cccc(OCCc3ccccc3)c2)cc1. The summed E-state index contributed by atoms with van der Waals surface area (Å²) in [5.41, 5.74) is 2.48. The summed E-state index contributed by atoms with van der Waals surface area (Å²) in [4.78, 5) is 12.5. The first kappa shape index (κ1) is 24.3. The summed E-state index contributed by atoms with van der Waals surface area (Å²) < 4.78 is 11.5. The topological polar surface area (TPSA) is 59.6 Å². The van der Waals surface area contributed by atoms with Gasteiger partial charge in [0.05, 0.1) is 13.2 Å². The fourth-order valence-electron chi connectivity index (χ4n) is 3.18. The summed E-state index contributed by atoms with van der Waals surface area (Å²) in [6.45, 7) is 3.42. The highest BCUT2D eigenvalue weighted by Gasteiger charge is 2.09. The molecule has 0 bridgehead atoms. The minimum absolute atomic E-state index is 0.223. The summed E-state index contributed by atoms with van der Waals surface area (Å²) in [5.74, 6) is 1.22. The Bertz CT molecular complexity index is 1020. The first-order valence-corrected chi connectivity index (χ1v) is 11.7. The molecule has 0 fully saturated rings. The molecule has 0 aliphatic carbocycles. The largest absolute Gasteiger partial charge is 0.494 e. The van der Waals surface area contributed by atoms with Crippen molar-refractivity contribution in [3.8, 4) is 11.5 Å². The normalized spacial score (nSPS) is 10.3. The van der Waals surface area contributed by atoms with Gasteiger partial charge in [-0.3, -0.25) is 10.1 Å². The number of hydrogen-bond acceptors (Lipinski definition) is 4. The maximum Gasteiger partial charge on any atom is 0.257 e. The van der Waals surface area contributed by atoms with E-state index >= 15 is 0 Å². The molecule has 6 heteroatoms. The highest BCUT2D eigenvalue weighted by atomic mass is 32.1. The summed E-state index contributed by atoms with van der Waals surface area (Å²) in [6, 6.07) is 24.8. The van der Waals surface area contributed by atoms with E-state index in [9.17, 15) is 4.79 Å². The number of amides is 1. The molecule has 0 saturated heterocycles. The second-order valence-electron chi connectivity index (χ2n) is 7.60. The standard InChI is InChI=1S/C27H30N2O3S/c1-2-3-7-18-31-24-15-13-22(14-16-24)26(30)29-27(33)28-23-11-8-12-25(20-23)32-19-17-21-9-5-4-6-10-21/h4-6,8-16,20H,2-3,7,17-19H2,1H3,(H2,28,29,30,33). The van der Waals surface area contributed by atoms with Gasteiger partial charge in [0.15, 0.2) is 5.11 Å². The van der Waals surface area contributed by atoms with Crippen LogP contribution in [0, 0.1) is 0 Å². The molecule has 3 aromatic rings. The molecule has 2 N–H and O–H groups in total. The van der Waals surface area contributed by atoms with Crippen molar-refractivity contribution >= 4 is 28.9 Å². The van der Waals surface area contributed by atoms with Gasteiger partial charge in [-0.1, -0.05) is 56.2 Å². The molecule has 0 spiro atoms. The zero-order valence-corrected chi connectivity index (χ0v) is 19.7. The molecule has 0 aliphatic rings. The molecule has 3 aromatic carbocycles. The lowest BCUT2D eigenvalue weighted by atomic mass is 10.2. The third kappa shape index (κ3) is 8.58. The lowest BCUT2D eigenvalue weighted by Crippen LogP contribution is -2.34. The van der Waals surface area contributed by atoms with Crippen LogP contribution < -0.4 is 20.1 Å². The van der Waals surface area contributed by atoms with Crippen molar-refractivity contribution in [3.05, 3.63) is 90.0 Å². The maximum absolute atomic E-state index is 12.5. The van der Waals surface area contributed by atoms with E-state index < -0.39 is 0 Å². The van der Waals surface area contributed by atoms with Crippen molar-refractivity contribution in [3.63, 3.8) is 0 Å². The molecular formula is C27H30N2O3S. The lowest BCUT2D eigenvalue weighted by molar-refractivity contribution is 0.0977. The zero-order valence-electron chi connectivity index (χ0n) is 18.9. The van der Waals surface area contributed by atoms with Crippen molar-refractivity contribution < 1.29 is 14.3 Å². The Kier molecular flexibility index (Phi) is 9.73. The average Bonchev–Trinajstić information content (AvgIpc) is 2.83. The molecule has 5 nitrogen and oxygen atoms in total. The van der Waals surface area contributed by atoms with Gasteiger partial charge in [-0.05, 0) is 60.6 Å². The fraction of sp³-hybridized carbons (Fsp3) is 0.259. The molecule has 33 heavy (non-hydrogen) atoms. The molecule has 0 heterocycles. The number of carbonyl (C=O) groups excluding carboxylic acids is 1. The summed E-state index contributed by atoms with van der Waals surface area (Å²) in [7, 11) is 0. The van der Waals surface area contributed by atoms with Crippen LogP contribution in [0.4, 0.5) is 5.69 Å². The quantitative estimate of drug-likeness (QED) is 0.270. The van der Waals surface area contributed by atoms with E-state index in [-0.39, 0.29) is 11.0 Å². The van der Waals surface area contributed by atoms with Gasteiger partial charge in [0.1, 0.15) is 11.5 Å². The van der Waals surface area contributed by atoms with Crippen molar-refractivity contribution in [2.45, 2.75) is 32.6 Å². The number of benzene rings is 3. The first-order chi connectivity index (χ1) is 16.1. The Labute approximate surface area is 201 Å². The van der Waals surface area contributed by atoms with Gasteiger partial charge >= 0.3 is 0 Å². The highest BCUT2D eigenvalue weighted by Crippen LogP contribution is 2.18. The zero-order chi connectivity index (χ0) is 23.3. The van der Waals surface area contributed by atoms with Crippen LogP contribution in [0.25, 0.3) is 0 Å². The second-order valence-corrected chi connectivity index (χ2v) is 8.01. The van der Waals surface area contributed by atoms with E-state index in [4.69, 9.17) is 21.7 Å². The van der Waals surface area contributed by atoms with E-state index in [1.165, 1.54) is 5.56 Å². The Morgan fingerprint density at radius 1 is 0.848 bits per heavy atom. The maximum atomic E-state index is 12.5.